The zero-order valence-corrected chi connectivity index (χ0v) is 15.0. The number of furan rings is 1. The summed E-state index contributed by atoms with van der Waals surface area (Å²) in [6.45, 7) is 2.70. The molecule has 9 heteroatoms. The topological polar surface area (TPSA) is 98.2 Å². The van der Waals surface area contributed by atoms with Crippen LogP contribution in [-0.2, 0) is 9.53 Å². The van der Waals surface area contributed by atoms with E-state index in [0.29, 0.717) is 34.8 Å². The number of benzene rings is 1. The highest BCUT2D eigenvalue weighted by Gasteiger charge is 2.27. The van der Waals surface area contributed by atoms with Gasteiger partial charge in [-0.1, -0.05) is 0 Å². The minimum atomic E-state index is -0.448. The first-order chi connectivity index (χ1) is 13.1. The Bertz CT molecular complexity index is 942. The molecule has 4 rings (SSSR count). The first-order valence-corrected chi connectivity index (χ1v) is 9.12. The lowest BCUT2D eigenvalue weighted by Gasteiger charge is -2.27. The molecule has 0 atom stereocenters. The number of nitrogens with zero attached hydrogens (tertiary/aromatic N) is 3. The quantitative estimate of drug-likeness (QED) is 0.455. The Morgan fingerprint density at radius 1 is 1.15 bits per heavy atom. The number of nitro benzene ring substituents is 1. The molecular formula is C18H15N3O5S. The molecule has 1 fully saturated rings. The van der Waals surface area contributed by atoms with E-state index in [2.05, 4.69) is 4.99 Å². The maximum atomic E-state index is 12.2. The van der Waals surface area contributed by atoms with Crippen LogP contribution in [0.15, 0.2) is 50.7 Å². The zero-order valence-electron chi connectivity index (χ0n) is 14.2. The van der Waals surface area contributed by atoms with Crippen LogP contribution in [0.5, 0.6) is 0 Å². The fraction of sp³-hybridized carbons (Fsp3) is 0.222. The predicted octanol–water partition coefficient (Wildman–Crippen LogP) is 3.16. The molecule has 1 aromatic carbocycles. The lowest BCUT2D eigenvalue weighted by Crippen LogP contribution is -2.38. The second kappa shape index (κ2) is 7.37. The van der Waals surface area contributed by atoms with Crippen LogP contribution in [0.3, 0.4) is 0 Å². The number of hydrogen-bond acceptors (Lipinski definition) is 7. The molecule has 3 heterocycles. The summed E-state index contributed by atoms with van der Waals surface area (Å²) in [5, 5.41) is 11.4. The van der Waals surface area contributed by atoms with Gasteiger partial charge >= 0.3 is 0 Å². The van der Waals surface area contributed by atoms with E-state index in [1.54, 1.807) is 30.3 Å². The molecule has 1 amide bonds. The Morgan fingerprint density at radius 3 is 2.59 bits per heavy atom. The Hall–Kier alpha value is -2.91. The number of nitro groups is 1. The van der Waals surface area contributed by atoms with E-state index in [4.69, 9.17) is 9.15 Å². The van der Waals surface area contributed by atoms with Crippen LogP contribution in [0.25, 0.3) is 17.4 Å². The maximum Gasteiger partial charge on any atom is 0.286 e. The molecule has 0 aliphatic carbocycles. The zero-order chi connectivity index (χ0) is 18.8. The predicted molar refractivity (Wildman–Crippen MR) is 101 cm³/mol. The number of hydrogen-bond donors (Lipinski definition) is 0. The molecule has 138 valence electrons. The van der Waals surface area contributed by atoms with Crippen LogP contribution < -0.4 is 0 Å². The number of ether oxygens (including phenoxy) is 1. The van der Waals surface area contributed by atoms with Gasteiger partial charge in [-0.25, -0.2) is 0 Å². The van der Waals surface area contributed by atoms with Crippen molar-refractivity contribution in [3.05, 3.63) is 57.2 Å². The van der Waals surface area contributed by atoms with E-state index in [9.17, 15) is 14.9 Å². The summed E-state index contributed by atoms with van der Waals surface area (Å²) in [7, 11) is 0. The SMILES string of the molecule is O=C1N=C(N2CCOCC2)S/C1=C\c1ccc(-c2ccc([N+](=O)[O-])cc2)o1. The highest BCUT2D eigenvalue weighted by atomic mass is 32.2. The van der Waals surface area contributed by atoms with Crippen LogP contribution in [0.4, 0.5) is 5.69 Å². The monoisotopic (exact) mass is 385 g/mol. The van der Waals surface area contributed by atoms with Crippen LogP contribution in [0, 0.1) is 10.1 Å². The highest BCUT2D eigenvalue weighted by Crippen LogP contribution is 2.32. The van der Waals surface area contributed by atoms with Gasteiger partial charge < -0.3 is 14.1 Å². The summed E-state index contributed by atoms with van der Waals surface area (Å²) in [4.78, 5) is 29.1. The first kappa shape index (κ1) is 17.5. The van der Waals surface area contributed by atoms with Crippen LogP contribution in [-0.4, -0.2) is 47.2 Å². The van der Waals surface area contributed by atoms with Gasteiger partial charge in [0.05, 0.1) is 23.0 Å². The molecule has 0 saturated carbocycles. The molecule has 2 aliphatic heterocycles. The standard InChI is InChI=1S/C18H15N3O5S/c22-17-16(27-18(19-17)20-7-9-25-10-8-20)11-14-5-6-15(26-14)12-1-3-13(4-2-12)21(23)24/h1-6,11H,7-10H2/b16-11-. The minimum Gasteiger partial charge on any atom is -0.457 e. The molecular weight excluding hydrogens is 370 g/mol. The van der Waals surface area contributed by atoms with E-state index in [1.165, 1.54) is 23.9 Å². The van der Waals surface area contributed by atoms with Crippen molar-refractivity contribution in [2.24, 2.45) is 4.99 Å². The Labute approximate surface area is 158 Å². The maximum absolute atomic E-state index is 12.2. The molecule has 8 nitrogen and oxygen atoms in total. The fourth-order valence-corrected chi connectivity index (χ4v) is 3.70. The lowest BCUT2D eigenvalue weighted by atomic mass is 10.1. The summed E-state index contributed by atoms with van der Waals surface area (Å²) in [5.74, 6) is 0.814. The van der Waals surface area contributed by atoms with E-state index < -0.39 is 4.92 Å². The Kier molecular flexibility index (Phi) is 4.78. The molecule has 2 aromatic rings. The number of aliphatic imine (C=N–C) groups is 1. The van der Waals surface area contributed by atoms with Crippen molar-refractivity contribution in [3.63, 3.8) is 0 Å². The van der Waals surface area contributed by atoms with Crippen molar-refractivity contribution < 1.29 is 18.9 Å². The van der Waals surface area contributed by atoms with Crippen LogP contribution in [0.2, 0.25) is 0 Å². The van der Waals surface area contributed by atoms with Gasteiger partial charge in [0.2, 0.25) is 0 Å². The summed E-state index contributed by atoms with van der Waals surface area (Å²) < 4.78 is 11.1. The average Bonchev–Trinajstić information content (AvgIpc) is 3.30. The largest absolute Gasteiger partial charge is 0.457 e. The molecule has 0 spiro atoms. The summed E-state index contributed by atoms with van der Waals surface area (Å²) in [6.07, 6.45) is 1.67. The number of amidine groups is 1. The smallest absolute Gasteiger partial charge is 0.286 e. The number of rotatable bonds is 3. The summed E-state index contributed by atoms with van der Waals surface area (Å²) in [6, 6.07) is 9.63. The normalized spacial score (nSPS) is 18.8. The van der Waals surface area contributed by atoms with Gasteiger partial charge in [0.1, 0.15) is 11.5 Å². The van der Waals surface area contributed by atoms with Crippen molar-refractivity contribution in [2.45, 2.75) is 0 Å². The molecule has 1 aromatic heterocycles. The molecule has 0 N–H and O–H groups in total. The number of amides is 1. The number of morpholine rings is 1. The van der Waals surface area contributed by atoms with E-state index in [0.717, 1.165) is 18.7 Å². The van der Waals surface area contributed by atoms with Gasteiger partial charge in [-0.15, -0.1) is 0 Å². The van der Waals surface area contributed by atoms with Crippen molar-refractivity contribution in [3.8, 4) is 11.3 Å². The van der Waals surface area contributed by atoms with Gasteiger partial charge in [0.15, 0.2) is 5.17 Å². The van der Waals surface area contributed by atoms with Gasteiger partial charge in [-0.2, -0.15) is 4.99 Å². The first-order valence-electron chi connectivity index (χ1n) is 8.30. The Morgan fingerprint density at radius 2 is 1.89 bits per heavy atom. The highest BCUT2D eigenvalue weighted by molar-refractivity contribution is 8.18. The molecule has 0 radical (unpaired) electrons. The molecule has 1 saturated heterocycles. The third-order valence-electron chi connectivity index (χ3n) is 4.15. The van der Waals surface area contributed by atoms with Crippen molar-refractivity contribution in [2.75, 3.05) is 26.3 Å². The van der Waals surface area contributed by atoms with Gasteiger partial charge in [-0.3, -0.25) is 14.9 Å². The molecule has 2 aliphatic rings. The van der Waals surface area contributed by atoms with Crippen molar-refractivity contribution in [1.82, 2.24) is 4.90 Å². The number of carbonyl (C=O) groups excluding carboxylic acids is 1. The van der Waals surface area contributed by atoms with Gasteiger partial charge in [-0.05, 0) is 36.0 Å². The van der Waals surface area contributed by atoms with E-state index in [-0.39, 0.29) is 11.6 Å². The molecule has 0 bridgehead atoms. The average molecular weight is 385 g/mol. The number of thioether (sulfide) groups is 1. The lowest BCUT2D eigenvalue weighted by molar-refractivity contribution is -0.384. The summed E-state index contributed by atoms with van der Waals surface area (Å²) in [5.41, 5.74) is 0.745. The second-order valence-corrected chi connectivity index (χ2v) is 6.92. The van der Waals surface area contributed by atoms with Gasteiger partial charge in [0.25, 0.3) is 11.6 Å². The van der Waals surface area contributed by atoms with Crippen LogP contribution >= 0.6 is 11.8 Å². The van der Waals surface area contributed by atoms with Crippen molar-refractivity contribution in [1.29, 1.82) is 0 Å². The number of non-ortho nitro benzene ring substituents is 1. The van der Waals surface area contributed by atoms with E-state index >= 15 is 0 Å². The Balaban J connectivity index is 1.49. The third-order valence-corrected chi connectivity index (χ3v) is 5.20. The fourth-order valence-electron chi connectivity index (χ4n) is 2.75. The second-order valence-electron chi connectivity index (χ2n) is 5.92. The molecule has 27 heavy (non-hydrogen) atoms. The third kappa shape index (κ3) is 3.79. The van der Waals surface area contributed by atoms with Crippen molar-refractivity contribution >= 4 is 34.6 Å². The van der Waals surface area contributed by atoms with E-state index in [1.807, 2.05) is 4.90 Å². The van der Waals surface area contributed by atoms with Gasteiger partial charge in [0, 0.05) is 36.9 Å². The minimum absolute atomic E-state index is 0.0217. The molecule has 0 unspecified atom stereocenters. The number of carbonyl (C=O) groups is 1. The summed E-state index contributed by atoms with van der Waals surface area (Å²) >= 11 is 1.33. The van der Waals surface area contributed by atoms with Crippen LogP contribution in [0.1, 0.15) is 5.76 Å².